The Morgan fingerprint density at radius 1 is 1.17 bits per heavy atom. The lowest BCUT2D eigenvalue weighted by Gasteiger charge is -2.14. The van der Waals surface area contributed by atoms with E-state index < -0.39 is 12.5 Å². The predicted octanol–water partition coefficient (Wildman–Crippen LogP) is 3.61. The summed E-state index contributed by atoms with van der Waals surface area (Å²) in [5.74, 6) is -0.673. The van der Waals surface area contributed by atoms with Crippen LogP contribution >= 0.6 is 0 Å². The fraction of sp³-hybridized carbons (Fsp3) is 0.150. The Kier molecular flexibility index (Phi) is 5.87. The second kappa shape index (κ2) is 8.51. The van der Waals surface area contributed by atoms with Gasteiger partial charge in [-0.3, -0.25) is 9.59 Å². The number of nitrogens with zero attached hydrogens (tertiary/aromatic N) is 1. The van der Waals surface area contributed by atoms with Crippen LogP contribution in [0.15, 0.2) is 53.3 Å². The normalized spacial score (nSPS) is 10.7. The molecule has 1 heterocycles. The third-order valence-electron chi connectivity index (χ3n) is 3.91. The molecule has 2 N–H and O–H groups in total. The van der Waals surface area contributed by atoms with Crippen molar-refractivity contribution in [1.82, 2.24) is 9.97 Å². The number of rotatable bonds is 6. The topological polar surface area (TPSA) is 93.3 Å². The molecule has 150 valence electrons. The molecule has 0 unspecified atom stereocenters. The van der Waals surface area contributed by atoms with E-state index in [1.54, 1.807) is 31.2 Å². The fourth-order valence-corrected chi connectivity index (χ4v) is 2.72. The number of amides is 1. The van der Waals surface area contributed by atoms with E-state index in [0.29, 0.717) is 22.8 Å². The van der Waals surface area contributed by atoms with Gasteiger partial charge in [-0.15, -0.1) is 0 Å². The molecule has 0 spiro atoms. The average molecular weight is 401 g/mol. The Balaban J connectivity index is 1.91. The summed E-state index contributed by atoms with van der Waals surface area (Å²) in [6.07, 6.45) is 0. The summed E-state index contributed by atoms with van der Waals surface area (Å²) >= 11 is 0. The first kappa shape index (κ1) is 20.0. The van der Waals surface area contributed by atoms with Gasteiger partial charge in [0, 0.05) is 23.0 Å². The molecule has 0 atom stereocenters. The van der Waals surface area contributed by atoms with Gasteiger partial charge in [0.25, 0.3) is 11.5 Å². The molecule has 3 aromatic rings. The maximum absolute atomic E-state index is 12.8. The Morgan fingerprint density at radius 2 is 1.93 bits per heavy atom. The lowest BCUT2D eigenvalue weighted by Crippen LogP contribution is -2.15. The van der Waals surface area contributed by atoms with Crippen molar-refractivity contribution in [3.63, 3.8) is 0 Å². The molecular weight excluding hydrogens is 384 g/mol. The van der Waals surface area contributed by atoms with Crippen LogP contribution in [-0.4, -0.2) is 29.6 Å². The number of H-pyrrole nitrogens is 1. The van der Waals surface area contributed by atoms with E-state index in [0.717, 1.165) is 0 Å². The number of methoxy groups -OCH3 is 1. The molecule has 0 saturated heterocycles. The Hall–Kier alpha value is -3.75. The quantitative estimate of drug-likeness (QED) is 0.658. The zero-order valence-electron chi connectivity index (χ0n) is 15.5. The highest BCUT2D eigenvalue weighted by Crippen LogP contribution is 2.33. The number of aryl methyl sites for hydroxylation is 1. The van der Waals surface area contributed by atoms with Gasteiger partial charge in [0.1, 0.15) is 5.82 Å². The Bertz CT molecular complexity index is 1100. The summed E-state index contributed by atoms with van der Waals surface area (Å²) in [5.41, 5.74) is 1.08. The van der Waals surface area contributed by atoms with Gasteiger partial charge in [-0.05, 0) is 31.2 Å². The van der Waals surface area contributed by atoms with Crippen molar-refractivity contribution in [2.45, 2.75) is 13.5 Å². The smallest absolute Gasteiger partial charge is 0.387 e. The Morgan fingerprint density at radius 3 is 2.62 bits per heavy atom. The first-order valence-electron chi connectivity index (χ1n) is 8.49. The number of anilines is 1. The SMILES string of the molecule is COc1cccc(C(=O)Nc2cccc(-c3nc(C)cc(=O)[nH]3)c2)c1OC(F)F. The van der Waals surface area contributed by atoms with Crippen molar-refractivity contribution in [2.24, 2.45) is 0 Å². The van der Waals surface area contributed by atoms with Crippen LogP contribution in [0.5, 0.6) is 11.5 Å². The number of aromatic amines is 1. The van der Waals surface area contributed by atoms with Crippen LogP contribution in [0.2, 0.25) is 0 Å². The maximum Gasteiger partial charge on any atom is 0.387 e. The third kappa shape index (κ3) is 4.75. The Labute approximate surface area is 164 Å². The van der Waals surface area contributed by atoms with Gasteiger partial charge in [0.2, 0.25) is 0 Å². The number of hydrogen-bond donors (Lipinski definition) is 2. The highest BCUT2D eigenvalue weighted by Gasteiger charge is 2.20. The lowest BCUT2D eigenvalue weighted by atomic mass is 10.1. The molecule has 0 radical (unpaired) electrons. The first-order valence-corrected chi connectivity index (χ1v) is 8.49. The van der Waals surface area contributed by atoms with Crippen LogP contribution in [0.25, 0.3) is 11.4 Å². The summed E-state index contributed by atoms with van der Waals surface area (Å²) in [6, 6.07) is 12.2. The average Bonchev–Trinajstić information content (AvgIpc) is 2.67. The van der Waals surface area contributed by atoms with E-state index >= 15 is 0 Å². The summed E-state index contributed by atoms with van der Waals surface area (Å²) in [4.78, 5) is 31.2. The van der Waals surface area contributed by atoms with Crippen molar-refractivity contribution in [3.05, 3.63) is 70.1 Å². The number of aromatic nitrogens is 2. The third-order valence-corrected chi connectivity index (χ3v) is 3.91. The van der Waals surface area contributed by atoms with Gasteiger partial charge in [0.15, 0.2) is 11.5 Å². The maximum atomic E-state index is 12.8. The zero-order chi connectivity index (χ0) is 21.0. The molecule has 0 aliphatic rings. The summed E-state index contributed by atoms with van der Waals surface area (Å²) in [7, 11) is 1.29. The van der Waals surface area contributed by atoms with Crippen molar-refractivity contribution >= 4 is 11.6 Å². The van der Waals surface area contributed by atoms with E-state index in [9.17, 15) is 18.4 Å². The highest BCUT2D eigenvalue weighted by atomic mass is 19.3. The van der Waals surface area contributed by atoms with Crippen LogP contribution < -0.4 is 20.3 Å². The molecule has 2 aromatic carbocycles. The minimum atomic E-state index is -3.12. The molecule has 29 heavy (non-hydrogen) atoms. The van der Waals surface area contributed by atoms with E-state index in [1.165, 1.54) is 31.4 Å². The molecular formula is C20H17F2N3O4. The minimum absolute atomic E-state index is 0.00763. The van der Waals surface area contributed by atoms with Gasteiger partial charge in [-0.25, -0.2) is 4.98 Å². The van der Waals surface area contributed by atoms with Crippen molar-refractivity contribution < 1.29 is 23.0 Å². The van der Waals surface area contributed by atoms with E-state index in [2.05, 4.69) is 20.0 Å². The van der Waals surface area contributed by atoms with Gasteiger partial charge in [-0.2, -0.15) is 8.78 Å². The number of nitrogens with one attached hydrogen (secondary N) is 2. The summed E-state index contributed by atoms with van der Waals surface area (Å²) in [5, 5.41) is 2.62. The highest BCUT2D eigenvalue weighted by molar-refractivity contribution is 6.07. The molecule has 0 aliphatic carbocycles. The van der Waals surface area contributed by atoms with Crippen LogP contribution in [0.4, 0.5) is 14.5 Å². The molecule has 1 amide bonds. The number of carbonyl (C=O) groups is 1. The number of benzene rings is 2. The van der Waals surface area contributed by atoms with E-state index in [-0.39, 0.29) is 22.6 Å². The van der Waals surface area contributed by atoms with Crippen LogP contribution in [-0.2, 0) is 0 Å². The second-order valence-corrected chi connectivity index (χ2v) is 5.99. The molecule has 1 aromatic heterocycles. The van der Waals surface area contributed by atoms with Crippen LogP contribution in [0.1, 0.15) is 16.1 Å². The van der Waals surface area contributed by atoms with Crippen molar-refractivity contribution in [1.29, 1.82) is 0 Å². The molecule has 0 saturated carbocycles. The summed E-state index contributed by atoms with van der Waals surface area (Å²) < 4.78 is 35.0. The van der Waals surface area contributed by atoms with Crippen LogP contribution in [0, 0.1) is 6.92 Å². The van der Waals surface area contributed by atoms with Crippen molar-refractivity contribution in [3.8, 4) is 22.9 Å². The van der Waals surface area contributed by atoms with Gasteiger partial charge < -0.3 is 19.8 Å². The van der Waals surface area contributed by atoms with Gasteiger partial charge in [0.05, 0.1) is 12.7 Å². The molecule has 7 nitrogen and oxygen atoms in total. The minimum Gasteiger partial charge on any atom is -0.493 e. The molecule has 3 rings (SSSR count). The molecule has 0 fully saturated rings. The number of halogens is 2. The van der Waals surface area contributed by atoms with E-state index in [1.807, 2.05) is 0 Å². The lowest BCUT2D eigenvalue weighted by molar-refractivity contribution is -0.0515. The number of carbonyl (C=O) groups excluding carboxylic acids is 1. The molecule has 0 bridgehead atoms. The zero-order valence-corrected chi connectivity index (χ0v) is 15.5. The standard InChI is InChI=1S/C20H17F2N3O4/c1-11-9-16(26)25-18(23-11)12-5-3-6-13(10-12)24-19(27)14-7-4-8-15(28-2)17(14)29-20(21)22/h3-10,20H,1-2H3,(H,24,27)(H,23,25,26). The van der Waals surface area contributed by atoms with Gasteiger partial charge >= 0.3 is 6.61 Å². The number of alkyl halides is 2. The monoisotopic (exact) mass is 401 g/mol. The molecule has 0 aliphatic heterocycles. The predicted molar refractivity (Wildman–Crippen MR) is 103 cm³/mol. The molecule has 9 heteroatoms. The first-order chi connectivity index (χ1) is 13.9. The number of ether oxygens (including phenoxy) is 2. The van der Waals surface area contributed by atoms with Crippen molar-refractivity contribution in [2.75, 3.05) is 12.4 Å². The largest absolute Gasteiger partial charge is 0.493 e. The second-order valence-electron chi connectivity index (χ2n) is 5.99. The summed E-state index contributed by atoms with van der Waals surface area (Å²) in [6.45, 7) is -1.43. The number of hydrogen-bond acceptors (Lipinski definition) is 5. The fourth-order valence-electron chi connectivity index (χ4n) is 2.72. The van der Waals surface area contributed by atoms with Crippen LogP contribution in [0.3, 0.4) is 0 Å². The number of para-hydroxylation sites is 1. The van der Waals surface area contributed by atoms with E-state index in [4.69, 9.17) is 4.74 Å². The van der Waals surface area contributed by atoms with Gasteiger partial charge in [-0.1, -0.05) is 18.2 Å².